The molecule has 334 valence electrons. The summed E-state index contributed by atoms with van der Waals surface area (Å²) >= 11 is 0. The van der Waals surface area contributed by atoms with Crippen LogP contribution in [-0.2, 0) is 37.5 Å². The molecule has 9 rings (SSSR count). The van der Waals surface area contributed by atoms with E-state index >= 15 is 0 Å². The maximum Gasteiger partial charge on any atom is 0.258 e. The number of nitrogens with zero attached hydrogens (tertiary/aromatic N) is 7. The Morgan fingerprint density at radius 1 is 1.03 bits per heavy atom. The van der Waals surface area contributed by atoms with Crippen LogP contribution in [0.2, 0.25) is 0 Å². The van der Waals surface area contributed by atoms with E-state index in [0.717, 1.165) is 86.9 Å². The van der Waals surface area contributed by atoms with Crippen LogP contribution in [0.5, 0.6) is 0 Å². The SMILES string of the molecule is CN=C1OCCC[C@@H](C)Cn2c(nc3ccc(C(=O)N(C)C4CCN(CCc5cccc6c5C5(CC5)C(=O)N6C5CCC(=O)NC5=O)CC4)cc32)NC(=O)c2cc(C)nc(c2)C1=CN. The molecule has 1 saturated carbocycles. The Kier molecular flexibility index (Phi) is 11.6. The van der Waals surface area contributed by atoms with E-state index in [0.29, 0.717) is 65.0 Å². The first-order valence-corrected chi connectivity index (χ1v) is 22.5. The fraction of sp³-hybridized carbons (Fsp3) is 0.458. The van der Waals surface area contributed by atoms with E-state index in [-0.39, 0.29) is 42.0 Å². The quantitative estimate of drug-likeness (QED) is 0.228. The summed E-state index contributed by atoms with van der Waals surface area (Å²) < 4.78 is 8.08. The molecular weight excluding hydrogens is 813 g/mol. The van der Waals surface area contributed by atoms with Crippen LogP contribution < -0.4 is 21.3 Å². The fourth-order valence-electron chi connectivity index (χ4n) is 10.2. The summed E-state index contributed by atoms with van der Waals surface area (Å²) in [5.41, 5.74) is 12.5. The molecule has 6 heterocycles. The van der Waals surface area contributed by atoms with Gasteiger partial charge in [0, 0.05) is 81.4 Å². The number of nitrogens with two attached hydrogens (primary N) is 1. The molecule has 4 aromatic rings. The van der Waals surface area contributed by atoms with Crippen molar-refractivity contribution in [2.75, 3.05) is 50.6 Å². The van der Waals surface area contributed by atoms with Gasteiger partial charge in [-0.05, 0) is 112 Å². The highest BCUT2D eigenvalue weighted by molar-refractivity contribution is 6.19. The van der Waals surface area contributed by atoms with Crippen LogP contribution in [0.25, 0.3) is 16.6 Å². The Morgan fingerprint density at radius 2 is 1.83 bits per heavy atom. The Labute approximate surface area is 372 Å². The van der Waals surface area contributed by atoms with Gasteiger partial charge in [-0.3, -0.25) is 49.5 Å². The molecule has 4 N–H and O–H groups in total. The van der Waals surface area contributed by atoms with Gasteiger partial charge in [0.25, 0.3) is 11.8 Å². The smallest absolute Gasteiger partial charge is 0.258 e. The van der Waals surface area contributed by atoms with Gasteiger partial charge in [-0.1, -0.05) is 19.1 Å². The number of fused-ring (bicyclic) bond motifs is 7. The van der Waals surface area contributed by atoms with E-state index in [4.69, 9.17) is 15.5 Å². The number of aliphatic imine (C=N–C) groups is 1. The number of pyridine rings is 1. The Balaban J connectivity index is 0.880. The lowest BCUT2D eigenvalue weighted by molar-refractivity contribution is -0.135. The van der Waals surface area contributed by atoms with Gasteiger partial charge in [-0.25, -0.2) is 4.98 Å². The molecular formula is C48H56N10O6. The summed E-state index contributed by atoms with van der Waals surface area (Å²) in [6.07, 6.45) is 7.49. The van der Waals surface area contributed by atoms with E-state index in [9.17, 15) is 24.0 Å². The van der Waals surface area contributed by atoms with Crippen molar-refractivity contribution in [2.24, 2.45) is 16.6 Å². The van der Waals surface area contributed by atoms with Crippen LogP contribution in [0, 0.1) is 12.8 Å². The molecule has 2 saturated heterocycles. The number of ether oxygens (including phenoxy) is 1. The summed E-state index contributed by atoms with van der Waals surface area (Å²) in [6, 6.07) is 14.4. The normalized spacial score (nSPS) is 23.0. The van der Waals surface area contributed by atoms with Crippen LogP contribution in [0.3, 0.4) is 0 Å². The average molecular weight is 869 g/mol. The number of likely N-dealkylation sites (tertiary alicyclic amines) is 1. The van der Waals surface area contributed by atoms with Crippen molar-refractivity contribution in [3.05, 3.63) is 88.4 Å². The molecule has 5 aliphatic rings. The number of benzene rings is 2. The lowest BCUT2D eigenvalue weighted by atomic mass is 9.91. The largest absolute Gasteiger partial charge is 0.477 e. The highest BCUT2D eigenvalue weighted by atomic mass is 16.5. The van der Waals surface area contributed by atoms with Crippen molar-refractivity contribution < 1.29 is 28.7 Å². The van der Waals surface area contributed by atoms with Crippen molar-refractivity contribution in [2.45, 2.75) is 95.7 Å². The molecule has 1 unspecified atom stereocenters. The van der Waals surface area contributed by atoms with Gasteiger partial charge in [0.1, 0.15) is 6.04 Å². The second kappa shape index (κ2) is 17.3. The number of aryl methyl sites for hydroxylation is 1. The van der Waals surface area contributed by atoms with Crippen molar-refractivity contribution in [3.8, 4) is 0 Å². The Hall–Kier alpha value is -6.42. The van der Waals surface area contributed by atoms with Crippen LogP contribution in [0.1, 0.15) is 102 Å². The average Bonchev–Trinajstić information content (AvgIpc) is 3.98. The first kappa shape index (κ1) is 42.9. The molecule has 2 bridgehead atoms. The number of rotatable bonds is 6. The van der Waals surface area contributed by atoms with E-state index < -0.39 is 17.4 Å². The molecule has 16 heteroatoms. The minimum absolute atomic E-state index is 0.0175. The van der Waals surface area contributed by atoms with Gasteiger partial charge in [-0.2, -0.15) is 0 Å². The zero-order valence-corrected chi connectivity index (χ0v) is 37.0. The summed E-state index contributed by atoms with van der Waals surface area (Å²) in [7, 11) is 3.52. The maximum absolute atomic E-state index is 14.2. The van der Waals surface area contributed by atoms with Gasteiger partial charge in [0.2, 0.25) is 29.6 Å². The standard InChI is InChI=1S/C48H56N10O6/c1-28-7-6-22-64-44(50-3)34(26-49)36-24-32(23-29(2)51-36)42(60)54-47-52-35-11-10-31(25-39(35)57(47)27-28)45(62)55(4)33-15-20-56(21-16-33)19-14-30-8-5-9-37-41(30)48(17-18-48)46(63)58(37)38-12-13-40(59)53-43(38)61/h5,8-11,23-26,28,33,38H,6-7,12-22,27,49H2,1-4H3,(H,52,54,60)(H,53,59,61)/t28-,38?/m1/s1. The predicted octanol–water partition coefficient (Wildman–Crippen LogP) is 4.73. The molecule has 2 aromatic heterocycles. The molecule has 4 aliphatic heterocycles. The number of anilines is 2. The Bertz CT molecular complexity index is 2620. The monoisotopic (exact) mass is 868 g/mol. The van der Waals surface area contributed by atoms with Gasteiger partial charge in [0.15, 0.2) is 0 Å². The first-order valence-electron chi connectivity index (χ1n) is 22.5. The lowest BCUT2D eigenvalue weighted by Gasteiger charge is -2.37. The number of aromatic nitrogens is 3. The van der Waals surface area contributed by atoms with Crippen molar-refractivity contribution >= 4 is 63.7 Å². The maximum atomic E-state index is 14.2. The number of carbonyl (C=O) groups is 5. The van der Waals surface area contributed by atoms with Crippen molar-refractivity contribution in [1.29, 1.82) is 0 Å². The number of hydrogen-bond acceptors (Lipinski definition) is 11. The van der Waals surface area contributed by atoms with E-state index in [1.54, 1.807) is 24.1 Å². The van der Waals surface area contributed by atoms with Crippen molar-refractivity contribution in [1.82, 2.24) is 29.7 Å². The van der Waals surface area contributed by atoms with Crippen molar-refractivity contribution in [3.63, 3.8) is 0 Å². The predicted molar refractivity (Wildman–Crippen MR) is 243 cm³/mol. The summed E-state index contributed by atoms with van der Waals surface area (Å²) in [4.78, 5) is 86.5. The van der Waals surface area contributed by atoms with Crippen LogP contribution in [0.15, 0.2) is 59.7 Å². The zero-order valence-electron chi connectivity index (χ0n) is 37.0. The molecule has 64 heavy (non-hydrogen) atoms. The number of imidazole rings is 1. The molecule has 3 fully saturated rings. The van der Waals surface area contributed by atoms with Gasteiger partial charge >= 0.3 is 0 Å². The number of piperidine rings is 2. The number of carbonyl (C=O) groups excluding carboxylic acids is 5. The zero-order chi connectivity index (χ0) is 44.9. The number of hydrogen-bond donors (Lipinski definition) is 3. The lowest BCUT2D eigenvalue weighted by Crippen LogP contribution is -2.54. The third-order valence-corrected chi connectivity index (χ3v) is 13.8. The van der Waals surface area contributed by atoms with E-state index in [1.807, 2.05) is 53.8 Å². The fourth-order valence-corrected chi connectivity index (χ4v) is 10.2. The summed E-state index contributed by atoms with van der Waals surface area (Å²) in [5.74, 6) is -0.198. The number of amides is 5. The molecule has 5 amide bonds. The second-order valence-electron chi connectivity index (χ2n) is 18.1. The van der Waals surface area contributed by atoms with E-state index in [2.05, 4.69) is 38.5 Å². The Morgan fingerprint density at radius 3 is 2.56 bits per heavy atom. The van der Waals surface area contributed by atoms with Crippen LogP contribution >= 0.6 is 0 Å². The third kappa shape index (κ3) is 7.92. The molecule has 2 atom stereocenters. The number of imide groups is 1. The van der Waals surface area contributed by atoms with E-state index in [1.165, 1.54) is 6.20 Å². The number of nitrogens with one attached hydrogen (secondary N) is 2. The molecule has 1 aliphatic carbocycles. The van der Waals surface area contributed by atoms with Gasteiger partial charge in [-0.15, -0.1) is 0 Å². The minimum Gasteiger partial charge on any atom is -0.477 e. The third-order valence-electron chi connectivity index (χ3n) is 13.8. The molecule has 2 aromatic carbocycles. The van der Waals surface area contributed by atoms with Gasteiger partial charge in [0.05, 0.1) is 34.3 Å². The van der Waals surface area contributed by atoms with Crippen LogP contribution in [-0.4, -0.2) is 112 Å². The highest BCUT2D eigenvalue weighted by Gasteiger charge is 2.62. The summed E-state index contributed by atoms with van der Waals surface area (Å²) in [5, 5.41) is 5.48. The molecule has 1 spiro atoms. The van der Waals surface area contributed by atoms with Gasteiger partial charge < -0.3 is 24.8 Å². The minimum atomic E-state index is -0.670. The molecule has 16 nitrogen and oxygen atoms in total. The topological polar surface area (TPSA) is 197 Å². The first-order chi connectivity index (χ1) is 30.9. The van der Waals surface area contributed by atoms with Crippen LogP contribution in [0.4, 0.5) is 11.6 Å². The summed E-state index contributed by atoms with van der Waals surface area (Å²) in [6.45, 7) is 7.42. The highest BCUT2D eigenvalue weighted by Crippen LogP contribution is 2.59. The molecule has 0 radical (unpaired) electrons. The second-order valence-corrected chi connectivity index (χ2v) is 18.1.